The number of aliphatic hydroxyl groups is 1. The van der Waals surface area contributed by atoms with E-state index in [-0.39, 0.29) is 5.91 Å². The molecule has 3 nitrogen and oxygen atoms in total. The number of nitrogens with zero attached hydrogens (tertiary/aromatic N) is 1. The largest absolute Gasteiger partial charge is 0.386 e. The smallest absolute Gasteiger partial charge is 0.255 e. The molecule has 1 aliphatic heterocycles. The predicted octanol–water partition coefficient (Wildman–Crippen LogP) is 2.35. The Hall–Kier alpha value is -0.870. The Morgan fingerprint density at radius 2 is 2.18 bits per heavy atom. The summed E-state index contributed by atoms with van der Waals surface area (Å²) in [5.74, 6) is -0.0151. The topological polar surface area (TPSA) is 40.5 Å². The Labute approximate surface area is 110 Å². The summed E-state index contributed by atoms with van der Waals surface area (Å²) in [7, 11) is 0. The van der Waals surface area contributed by atoms with Crippen molar-refractivity contribution >= 4 is 21.8 Å². The molecule has 1 aliphatic rings. The zero-order valence-corrected chi connectivity index (χ0v) is 11.6. The van der Waals surface area contributed by atoms with Crippen molar-refractivity contribution in [3.05, 3.63) is 33.8 Å². The van der Waals surface area contributed by atoms with Crippen molar-refractivity contribution in [1.29, 1.82) is 0 Å². The number of aryl methyl sites for hydroxylation is 1. The van der Waals surface area contributed by atoms with Gasteiger partial charge in [0.1, 0.15) is 0 Å². The van der Waals surface area contributed by atoms with Gasteiger partial charge in [-0.2, -0.15) is 0 Å². The molecule has 1 heterocycles. The number of rotatable bonds is 2. The second-order valence-electron chi connectivity index (χ2n) is 4.68. The van der Waals surface area contributed by atoms with Crippen LogP contribution in [0.2, 0.25) is 0 Å². The monoisotopic (exact) mass is 297 g/mol. The Morgan fingerprint density at radius 3 is 2.76 bits per heavy atom. The van der Waals surface area contributed by atoms with Gasteiger partial charge in [-0.05, 0) is 40.9 Å². The van der Waals surface area contributed by atoms with Crippen LogP contribution in [0.5, 0.6) is 0 Å². The number of β-amino-alcohol motifs (C(OH)–C–C–N with tert-alkyl or cyclic N) is 1. The number of halogens is 1. The molecule has 0 atom stereocenters. The normalized spacial score (nSPS) is 17.8. The highest BCUT2D eigenvalue weighted by molar-refractivity contribution is 9.10. The van der Waals surface area contributed by atoms with E-state index in [1.165, 1.54) is 0 Å². The van der Waals surface area contributed by atoms with Crippen molar-refractivity contribution in [2.75, 3.05) is 13.1 Å². The lowest BCUT2D eigenvalue weighted by Gasteiger charge is -2.46. The van der Waals surface area contributed by atoms with Crippen molar-refractivity contribution in [2.24, 2.45) is 0 Å². The Balaban J connectivity index is 2.15. The molecular formula is C13H16BrNO2. The molecule has 2 rings (SSSR count). The lowest BCUT2D eigenvalue weighted by Crippen LogP contribution is -2.63. The van der Waals surface area contributed by atoms with Crippen molar-refractivity contribution in [2.45, 2.75) is 25.9 Å². The summed E-state index contributed by atoms with van der Waals surface area (Å²) >= 11 is 3.44. The number of hydrogen-bond acceptors (Lipinski definition) is 2. The van der Waals surface area contributed by atoms with Gasteiger partial charge in [-0.25, -0.2) is 0 Å². The van der Waals surface area contributed by atoms with Gasteiger partial charge >= 0.3 is 0 Å². The van der Waals surface area contributed by atoms with Crippen LogP contribution in [0.25, 0.3) is 0 Å². The standard InChI is InChI=1S/C13H16BrNO2/c1-3-13(17)7-15(8-13)12(16)10-6-4-5-9(2)11(10)14/h4-6,17H,3,7-8H2,1-2H3. The summed E-state index contributed by atoms with van der Waals surface area (Å²) < 4.78 is 0.844. The van der Waals surface area contributed by atoms with Crippen LogP contribution >= 0.6 is 15.9 Å². The number of hydrogen-bond donors (Lipinski definition) is 1. The van der Waals surface area contributed by atoms with Gasteiger partial charge in [-0.1, -0.05) is 19.1 Å². The van der Waals surface area contributed by atoms with Crippen molar-refractivity contribution in [3.63, 3.8) is 0 Å². The first-order valence-corrected chi connectivity index (χ1v) is 6.53. The Bertz CT molecular complexity index is 453. The molecule has 1 saturated heterocycles. The van der Waals surface area contributed by atoms with Crippen LogP contribution in [-0.2, 0) is 0 Å². The fraction of sp³-hybridized carbons (Fsp3) is 0.462. The maximum Gasteiger partial charge on any atom is 0.255 e. The molecule has 1 N–H and O–H groups in total. The maximum atomic E-state index is 12.2. The number of likely N-dealkylation sites (tertiary alicyclic amines) is 1. The van der Waals surface area contributed by atoms with E-state index in [1.54, 1.807) is 4.90 Å². The fourth-order valence-electron chi connectivity index (χ4n) is 2.01. The van der Waals surface area contributed by atoms with Gasteiger partial charge in [0.05, 0.1) is 24.3 Å². The van der Waals surface area contributed by atoms with Gasteiger partial charge in [0, 0.05) is 4.47 Å². The van der Waals surface area contributed by atoms with Crippen LogP contribution in [0.15, 0.2) is 22.7 Å². The first-order valence-electron chi connectivity index (χ1n) is 5.73. The molecule has 1 fully saturated rings. The maximum absolute atomic E-state index is 12.2. The van der Waals surface area contributed by atoms with Crippen molar-refractivity contribution in [1.82, 2.24) is 4.90 Å². The summed E-state index contributed by atoms with van der Waals surface area (Å²) in [4.78, 5) is 13.9. The SMILES string of the molecule is CCC1(O)CN(C(=O)c2cccc(C)c2Br)C1. The van der Waals surface area contributed by atoms with Gasteiger partial charge in [-0.15, -0.1) is 0 Å². The minimum absolute atomic E-state index is 0.0151. The molecule has 0 unspecified atom stereocenters. The molecule has 4 heteroatoms. The molecule has 92 valence electrons. The summed E-state index contributed by atoms with van der Waals surface area (Å²) in [6.07, 6.45) is 0.686. The predicted molar refractivity (Wildman–Crippen MR) is 70.0 cm³/mol. The van der Waals surface area contributed by atoms with E-state index in [4.69, 9.17) is 0 Å². The molecule has 0 spiro atoms. The highest BCUT2D eigenvalue weighted by Crippen LogP contribution is 2.29. The number of carbonyl (C=O) groups is 1. The summed E-state index contributed by atoms with van der Waals surface area (Å²) in [6.45, 7) is 4.76. The molecule has 0 bridgehead atoms. The van der Waals surface area contributed by atoms with E-state index in [0.29, 0.717) is 25.1 Å². The summed E-state index contributed by atoms with van der Waals surface area (Å²) in [5.41, 5.74) is 1.04. The van der Waals surface area contributed by atoms with E-state index in [9.17, 15) is 9.90 Å². The van der Waals surface area contributed by atoms with Gasteiger partial charge in [-0.3, -0.25) is 4.79 Å². The minimum atomic E-state index is -0.675. The van der Waals surface area contributed by atoms with E-state index in [2.05, 4.69) is 15.9 Å². The second kappa shape index (κ2) is 4.42. The average Bonchev–Trinajstić information content (AvgIpc) is 2.28. The van der Waals surface area contributed by atoms with Gasteiger partial charge in [0.15, 0.2) is 0 Å². The molecule has 0 radical (unpaired) electrons. The summed E-state index contributed by atoms with van der Waals surface area (Å²) in [5, 5.41) is 9.90. The van der Waals surface area contributed by atoms with E-state index >= 15 is 0 Å². The number of amides is 1. The second-order valence-corrected chi connectivity index (χ2v) is 5.47. The third-order valence-corrected chi connectivity index (χ3v) is 4.39. The van der Waals surface area contributed by atoms with Crippen molar-refractivity contribution in [3.8, 4) is 0 Å². The van der Waals surface area contributed by atoms with Crippen LogP contribution in [0, 0.1) is 6.92 Å². The first-order chi connectivity index (χ1) is 7.97. The summed E-state index contributed by atoms with van der Waals surface area (Å²) in [6, 6.07) is 5.64. The molecule has 1 aromatic carbocycles. The van der Waals surface area contributed by atoms with Crippen LogP contribution in [0.4, 0.5) is 0 Å². The van der Waals surface area contributed by atoms with Gasteiger partial charge in [0.25, 0.3) is 5.91 Å². The highest BCUT2D eigenvalue weighted by atomic mass is 79.9. The molecule has 0 saturated carbocycles. The van der Waals surface area contributed by atoms with Crippen LogP contribution < -0.4 is 0 Å². The molecule has 17 heavy (non-hydrogen) atoms. The van der Waals surface area contributed by atoms with E-state index in [1.807, 2.05) is 32.0 Å². The van der Waals surface area contributed by atoms with Crippen LogP contribution in [0.3, 0.4) is 0 Å². The third-order valence-electron chi connectivity index (χ3n) is 3.34. The zero-order chi connectivity index (χ0) is 12.6. The molecule has 1 aromatic rings. The fourth-order valence-corrected chi connectivity index (χ4v) is 2.45. The lowest BCUT2D eigenvalue weighted by atomic mass is 9.90. The Morgan fingerprint density at radius 1 is 1.53 bits per heavy atom. The average molecular weight is 298 g/mol. The molecule has 0 aromatic heterocycles. The number of benzene rings is 1. The molecule has 0 aliphatic carbocycles. The minimum Gasteiger partial charge on any atom is -0.386 e. The van der Waals surface area contributed by atoms with Crippen molar-refractivity contribution < 1.29 is 9.90 Å². The quantitative estimate of drug-likeness (QED) is 0.910. The van der Waals surface area contributed by atoms with Gasteiger partial charge < -0.3 is 10.0 Å². The van der Waals surface area contributed by atoms with Crippen LogP contribution in [-0.4, -0.2) is 34.6 Å². The number of carbonyl (C=O) groups excluding carboxylic acids is 1. The van der Waals surface area contributed by atoms with E-state index < -0.39 is 5.60 Å². The van der Waals surface area contributed by atoms with Gasteiger partial charge in [0.2, 0.25) is 0 Å². The Kier molecular flexibility index (Phi) is 3.27. The zero-order valence-electron chi connectivity index (χ0n) is 10.0. The third kappa shape index (κ3) is 2.24. The first kappa shape index (κ1) is 12.6. The lowest BCUT2D eigenvalue weighted by molar-refractivity contribution is -0.0826. The molecular weight excluding hydrogens is 282 g/mol. The van der Waals surface area contributed by atoms with Crippen LogP contribution in [0.1, 0.15) is 29.3 Å². The highest BCUT2D eigenvalue weighted by Gasteiger charge is 2.42. The van der Waals surface area contributed by atoms with E-state index in [0.717, 1.165) is 10.0 Å². The molecule has 1 amide bonds.